The summed E-state index contributed by atoms with van der Waals surface area (Å²) in [6.45, 7) is 4.21. The van der Waals surface area contributed by atoms with Gasteiger partial charge < -0.3 is 20.1 Å². The van der Waals surface area contributed by atoms with Gasteiger partial charge in [-0.15, -0.1) is 0 Å². The topological polar surface area (TPSA) is 44.7 Å². The van der Waals surface area contributed by atoms with Crippen LogP contribution in [0.2, 0.25) is 0 Å². The van der Waals surface area contributed by atoms with E-state index in [1.807, 2.05) is 12.1 Å². The number of phenolic OH excluding ortho intramolecular Hbond substituents is 1. The molecule has 2 N–H and O–H groups in total. The van der Waals surface area contributed by atoms with Crippen molar-refractivity contribution < 1.29 is 9.84 Å². The zero-order valence-electron chi connectivity index (χ0n) is 19.4. The van der Waals surface area contributed by atoms with Crippen LogP contribution in [0.1, 0.15) is 48.9 Å². The number of benzene rings is 3. The Morgan fingerprint density at radius 3 is 2.61 bits per heavy atom. The Bertz CT molecular complexity index is 1040. The van der Waals surface area contributed by atoms with E-state index in [1.165, 1.54) is 41.6 Å². The molecule has 2 heterocycles. The van der Waals surface area contributed by atoms with Crippen molar-refractivity contribution in [3.8, 4) is 11.5 Å². The maximum absolute atomic E-state index is 10.0. The molecule has 0 bridgehead atoms. The summed E-state index contributed by atoms with van der Waals surface area (Å²) in [6, 6.07) is 25.8. The molecule has 2 aliphatic heterocycles. The monoisotopic (exact) mass is 442 g/mol. The third kappa shape index (κ3) is 5.01. The van der Waals surface area contributed by atoms with Gasteiger partial charge in [-0.25, -0.2) is 0 Å². The van der Waals surface area contributed by atoms with Crippen molar-refractivity contribution in [2.24, 2.45) is 0 Å². The molecule has 3 aromatic carbocycles. The van der Waals surface area contributed by atoms with Crippen molar-refractivity contribution in [3.63, 3.8) is 0 Å². The molecule has 1 fully saturated rings. The maximum Gasteiger partial charge on any atom is 0.119 e. The normalized spacial score (nSPS) is 21.3. The Morgan fingerprint density at radius 1 is 1.03 bits per heavy atom. The van der Waals surface area contributed by atoms with Gasteiger partial charge in [-0.05, 0) is 92.2 Å². The summed E-state index contributed by atoms with van der Waals surface area (Å²) in [6.07, 6.45) is 5.75. The van der Waals surface area contributed by atoms with Gasteiger partial charge in [-0.3, -0.25) is 0 Å². The van der Waals surface area contributed by atoms with Crippen LogP contribution in [0.4, 0.5) is 5.69 Å². The minimum Gasteiger partial charge on any atom is -0.508 e. The second-order valence-corrected chi connectivity index (χ2v) is 9.41. The second-order valence-electron chi connectivity index (χ2n) is 9.41. The van der Waals surface area contributed by atoms with E-state index in [-0.39, 0.29) is 12.1 Å². The molecule has 0 amide bonds. The number of rotatable bonds is 6. The van der Waals surface area contributed by atoms with Crippen LogP contribution in [0.25, 0.3) is 0 Å². The summed E-state index contributed by atoms with van der Waals surface area (Å²) in [5, 5.41) is 13.6. The van der Waals surface area contributed by atoms with Gasteiger partial charge in [-0.1, -0.05) is 42.8 Å². The van der Waals surface area contributed by atoms with E-state index < -0.39 is 0 Å². The van der Waals surface area contributed by atoms with Crippen molar-refractivity contribution in [1.29, 1.82) is 0 Å². The van der Waals surface area contributed by atoms with Crippen LogP contribution in [0.5, 0.6) is 11.5 Å². The number of hydrogen-bond donors (Lipinski definition) is 2. The molecule has 1 saturated heterocycles. The SMILES string of the molecule is CC(Oc1ccc(CC2c3ccc(O)cc3CCN2c2ccccc2)cc1)C1CCCCN1. The average molecular weight is 443 g/mol. The van der Waals surface area contributed by atoms with Crippen LogP contribution in [0.15, 0.2) is 72.8 Å². The number of piperidine rings is 1. The van der Waals surface area contributed by atoms with Gasteiger partial charge in [0.25, 0.3) is 0 Å². The first-order valence-electron chi connectivity index (χ1n) is 12.3. The van der Waals surface area contributed by atoms with Crippen LogP contribution < -0.4 is 15.0 Å². The Balaban J connectivity index is 1.34. The number of hydrogen-bond acceptors (Lipinski definition) is 4. The summed E-state index contributed by atoms with van der Waals surface area (Å²) in [7, 11) is 0. The van der Waals surface area contributed by atoms with Gasteiger partial charge in [0.1, 0.15) is 17.6 Å². The summed E-state index contributed by atoms with van der Waals surface area (Å²) in [5.74, 6) is 1.29. The third-order valence-electron chi connectivity index (χ3n) is 7.16. The lowest BCUT2D eigenvalue weighted by Gasteiger charge is -2.39. The minimum absolute atomic E-state index is 0.169. The average Bonchev–Trinajstić information content (AvgIpc) is 2.86. The molecule has 172 valence electrons. The largest absolute Gasteiger partial charge is 0.508 e. The van der Waals surface area contributed by atoms with Gasteiger partial charge >= 0.3 is 0 Å². The number of aromatic hydroxyl groups is 1. The van der Waals surface area contributed by atoms with Crippen LogP contribution >= 0.6 is 0 Å². The molecule has 5 rings (SSSR count). The minimum atomic E-state index is 0.169. The smallest absolute Gasteiger partial charge is 0.119 e. The summed E-state index contributed by atoms with van der Waals surface area (Å²) in [4.78, 5) is 2.50. The summed E-state index contributed by atoms with van der Waals surface area (Å²) >= 11 is 0. The highest BCUT2D eigenvalue weighted by Crippen LogP contribution is 2.37. The quantitative estimate of drug-likeness (QED) is 0.518. The predicted molar refractivity (Wildman–Crippen MR) is 134 cm³/mol. The Labute approximate surface area is 197 Å². The molecular weight excluding hydrogens is 408 g/mol. The zero-order valence-corrected chi connectivity index (χ0v) is 19.4. The van der Waals surface area contributed by atoms with Crippen molar-refractivity contribution in [2.45, 2.75) is 57.2 Å². The zero-order chi connectivity index (χ0) is 22.6. The fraction of sp³-hybridized carbons (Fsp3) is 0.379. The molecule has 0 aliphatic carbocycles. The highest BCUT2D eigenvalue weighted by atomic mass is 16.5. The molecule has 0 radical (unpaired) electrons. The number of ether oxygens (including phenoxy) is 1. The van der Waals surface area contributed by atoms with Crippen LogP contribution in [-0.4, -0.2) is 30.3 Å². The molecule has 0 saturated carbocycles. The van der Waals surface area contributed by atoms with Crippen molar-refractivity contribution >= 4 is 5.69 Å². The van der Waals surface area contributed by atoms with Gasteiger partial charge in [-0.2, -0.15) is 0 Å². The highest BCUT2D eigenvalue weighted by molar-refractivity contribution is 5.53. The third-order valence-corrected chi connectivity index (χ3v) is 7.16. The molecule has 0 aromatic heterocycles. The number of para-hydroxylation sites is 1. The molecule has 4 nitrogen and oxygen atoms in total. The van der Waals surface area contributed by atoms with Crippen molar-refractivity contribution in [1.82, 2.24) is 5.32 Å². The van der Waals surface area contributed by atoms with Crippen molar-refractivity contribution in [3.05, 3.63) is 89.5 Å². The summed E-state index contributed by atoms with van der Waals surface area (Å²) < 4.78 is 6.26. The van der Waals surface area contributed by atoms with E-state index in [1.54, 1.807) is 0 Å². The number of fused-ring (bicyclic) bond motifs is 1. The highest BCUT2D eigenvalue weighted by Gasteiger charge is 2.28. The Morgan fingerprint density at radius 2 is 1.85 bits per heavy atom. The molecule has 3 unspecified atom stereocenters. The van der Waals surface area contributed by atoms with E-state index in [9.17, 15) is 5.11 Å². The molecule has 3 aromatic rings. The van der Waals surface area contributed by atoms with E-state index in [4.69, 9.17) is 4.74 Å². The van der Waals surface area contributed by atoms with E-state index in [0.717, 1.165) is 31.7 Å². The Hall–Kier alpha value is -2.98. The molecule has 4 heteroatoms. The fourth-order valence-electron chi connectivity index (χ4n) is 5.35. The fourth-order valence-corrected chi connectivity index (χ4v) is 5.35. The molecule has 2 aliphatic rings. The summed E-state index contributed by atoms with van der Waals surface area (Å²) in [5.41, 5.74) is 5.09. The van der Waals surface area contributed by atoms with E-state index in [0.29, 0.717) is 11.8 Å². The molecule has 33 heavy (non-hydrogen) atoms. The lowest BCUT2D eigenvalue weighted by Crippen LogP contribution is -2.44. The van der Waals surface area contributed by atoms with E-state index >= 15 is 0 Å². The number of phenols is 1. The van der Waals surface area contributed by atoms with Crippen LogP contribution in [-0.2, 0) is 12.8 Å². The standard InChI is InChI=1S/C29H34N2O2/c1-21(28-9-5-6-17-30-28)33-26-13-10-22(11-14-26)19-29-27-15-12-25(32)20-23(27)16-18-31(29)24-7-3-2-4-8-24/h2-4,7-8,10-15,20-21,28-30,32H,5-6,9,16-19H2,1H3. The van der Waals surface area contributed by atoms with Gasteiger partial charge in [0.05, 0.1) is 6.04 Å². The van der Waals surface area contributed by atoms with Gasteiger partial charge in [0.15, 0.2) is 0 Å². The lowest BCUT2D eigenvalue weighted by atomic mass is 9.88. The molecular formula is C29H34N2O2. The predicted octanol–water partition coefficient (Wildman–Crippen LogP) is 5.65. The van der Waals surface area contributed by atoms with Crippen molar-refractivity contribution in [2.75, 3.05) is 18.0 Å². The second kappa shape index (κ2) is 9.88. The number of nitrogens with zero attached hydrogens (tertiary/aromatic N) is 1. The first-order chi connectivity index (χ1) is 16.2. The molecule has 3 atom stereocenters. The number of nitrogens with one attached hydrogen (secondary N) is 1. The number of anilines is 1. The van der Waals surface area contributed by atoms with E-state index in [2.05, 4.69) is 77.8 Å². The van der Waals surface area contributed by atoms with Gasteiger partial charge in [0.2, 0.25) is 0 Å². The lowest BCUT2D eigenvalue weighted by molar-refractivity contribution is 0.152. The maximum atomic E-state index is 10.0. The van der Waals surface area contributed by atoms with Gasteiger partial charge in [0, 0.05) is 18.3 Å². The Kier molecular flexibility index (Phi) is 6.54. The van der Waals surface area contributed by atoms with Crippen LogP contribution in [0.3, 0.4) is 0 Å². The first-order valence-corrected chi connectivity index (χ1v) is 12.3. The first kappa shape index (κ1) is 21.8. The van der Waals surface area contributed by atoms with Crippen LogP contribution in [0, 0.1) is 0 Å². The molecule has 0 spiro atoms.